The van der Waals surface area contributed by atoms with Gasteiger partial charge in [-0.25, -0.2) is 31.9 Å². The Morgan fingerprint density at radius 3 is 2.41 bits per heavy atom. The van der Waals surface area contributed by atoms with E-state index in [1.807, 2.05) is 0 Å². The van der Waals surface area contributed by atoms with E-state index < -0.39 is 21.7 Å². The zero-order valence-corrected chi connectivity index (χ0v) is 15.1. The number of nitrogens with zero attached hydrogens (tertiary/aromatic N) is 2. The van der Waals surface area contributed by atoms with Crippen LogP contribution in [0.4, 0.5) is 20.3 Å². The van der Waals surface area contributed by atoms with Gasteiger partial charge in [-0.05, 0) is 29.8 Å². The van der Waals surface area contributed by atoms with Gasteiger partial charge >= 0.3 is 0 Å². The maximum absolute atomic E-state index is 13.9. The molecule has 0 atom stereocenters. The number of anilines is 2. The van der Waals surface area contributed by atoms with Crippen molar-refractivity contribution in [2.24, 2.45) is 0 Å². The van der Waals surface area contributed by atoms with Gasteiger partial charge in [0.2, 0.25) is 10.0 Å². The lowest BCUT2D eigenvalue weighted by Crippen LogP contribution is -2.21. The number of rotatable bonds is 6. The summed E-state index contributed by atoms with van der Waals surface area (Å²) in [7, 11) is -3.26. The highest BCUT2D eigenvalue weighted by molar-refractivity contribution is 7.88. The van der Waals surface area contributed by atoms with Crippen LogP contribution in [0, 0.1) is 11.6 Å². The summed E-state index contributed by atoms with van der Waals surface area (Å²) in [6.45, 7) is 0.195. The molecule has 9 heteroatoms. The predicted octanol–water partition coefficient (Wildman–Crippen LogP) is 3.21. The molecular formula is C18H16F2N4O2S. The topological polar surface area (TPSA) is 84.0 Å². The third kappa shape index (κ3) is 5.28. The van der Waals surface area contributed by atoms with Crippen molar-refractivity contribution >= 4 is 21.5 Å². The van der Waals surface area contributed by atoms with Crippen LogP contribution >= 0.6 is 0 Å². The molecule has 0 aliphatic rings. The van der Waals surface area contributed by atoms with Gasteiger partial charge in [0.25, 0.3) is 0 Å². The SMILES string of the molecule is CS(=O)(=O)NCc1ccc(Nc2cc(-c3ccc(F)cc3F)ncn2)cc1. The minimum absolute atomic E-state index is 0.170. The van der Waals surface area contributed by atoms with Crippen LogP contribution in [-0.4, -0.2) is 24.6 Å². The fourth-order valence-corrected chi connectivity index (χ4v) is 2.77. The first kappa shape index (κ1) is 18.9. The maximum atomic E-state index is 13.9. The van der Waals surface area contributed by atoms with Gasteiger partial charge in [-0.2, -0.15) is 0 Å². The number of hydrogen-bond donors (Lipinski definition) is 2. The standard InChI is InChI=1S/C18H16F2N4O2S/c1-27(25,26)23-10-12-2-5-14(6-3-12)24-18-9-17(21-11-22-18)15-7-4-13(19)8-16(15)20/h2-9,11,23H,10H2,1H3,(H,21,22,24). The summed E-state index contributed by atoms with van der Waals surface area (Å²) >= 11 is 0. The van der Waals surface area contributed by atoms with Gasteiger partial charge in [-0.15, -0.1) is 0 Å². The van der Waals surface area contributed by atoms with E-state index in [-0.39, 0.29) is 12.1 Å². The molecule has 2 aromatic carbocycles. The Bertz CT molecular complexity index is 1060. The smallest absolute Gasteiger partial charge is 0.209 e. The second-order valence-electron chi connectivity index (χ2n) is 5.83. The molecule has 140 valence electrons. The van der Waals surface area contributed by atoms with Crippen molar-refractivity contribution in [2.45, 2.75) is 6.54 Å². The van der Waals surface area contributed by atoms with Gasteiger partial charge in [-0.1, -0.05) is 12.1 Å². The molecule has 0 spiro atoms. The van der Waals surface area contributed by atoms with Gasteiger partial charge < -0.3 is 5.32 Å². The van der Waals surface area contributed by atoms with Crippen molar-refractivity contribution in [3.8, 4) is 11.3 Å². The van der Waals surface area contributed by atoms with E-state index in [2.05, 4.69) is 20.0 Å². The van der Waals surface area contributed by atoms with E-state index in [1.54, 1.807) is 30.3 Å². The lowest BCUT2D eigenvalue weighted by molar-refractivity contribution is 0.585. The molecule has 0 fully saturated rings. The second-order valence-corrected chi connectivity index (χ2v) is 7.66. The Labute approximate surface area is 155 Å². The molecule has 0 bridgehead atoms. The number of hydrogen-bond acceptors (Lipinski definition) is 5. The van der Waals surface area contributed by atoms with E-state index in [4.69, 9.17) is 0 Å². The lowest BCUT2D eigenvalue weighted by atomic mass is 10.1. The van der Waals surface area contributed by atoms with E-state index in [9.17, 15) is 17.2 Å². The van der Waals surface area contributed by atoms with Crippen LogP contribution in [0.5, 0.6) is 0 Å². The number of benzene rings is 2. The molecule has 0 amide bonds. The number of nitrogens with one attached hydrogen (secondary N) is 2. The first-order chi connectivity index (χ1) is 12.8. The van der Waals surface area contributed by atoms with Crippen LogP contribution in [0.15, 0.2) is 54.9 Å². The minimum atomic E-state index is -3.26. The number of aromatic nitrogens is 2. The molecule has 1 aromatic heterocycles. The Kier molecular flexibility index (Phi) is 5.43. The Balaban J connectivity index is 1.74. The van der Waals surface area contributed by atoms with Crippen molar-refractivity contribution in [3.05, 3.63) is 72.1 Å². The summed E-state index contributed by atoms with van der Waals surface area (Å²) in [5.74, 6) is -0.928. The van der Waals surface area contributed by atoms with Crippen molar-refractivity contribution in [3.63, 3.8) is 0 Å². The van der Waals surface area contributed by atoms with Crippen LogP contribution in [0.1, 0.15) is 5.56 Å². The summed E-state index contributed by atoms with van der Waals surface area (Å²) in [6, 6.07) is 11.9. The molecule has 1 heterocycles. The summed E-state index contributed by atoms with van der Waals surface area (Å²) in [5.41, 5.74) is 1.99. The highest BCUT2D eigenvalue weighted by atomic mass is 32.2. The zero-order chi connectivity index (χ0) is 19.4. The Morgan fingerprint density at radius 2 is 1.74 bits per heavy atom. The second kappa shape index (κ2) is 7.77. The molecule has 0 saturated carbocycles. The van der Waals surface area contributed by atoms with Crippen LogP contribution in [0.3, 0.4) is 0 Å². The third-order valence-corrected chi connectivity index (χ3v) is 4.31. The first-order valence-corrected chi connectivity index (χ1v) is 9.77. The summed E-state index contributed by atoms with van der Waals surface area (Å²) in [4.78, 5) is 8.11. The van der Waals surface area contributed by atoms with Gasteiger partial charge in [0.05, 0.1) is 11.9 Å². The lowest BCUT2D eigenvalue weighted by Gasteiger charge is -2.09. The largest absolute Gasteiger partial charge is 0.340 e. The monoisotopic (exact) mass is 390 g/mol. The van der Waals surface area contributed by atoms with Crippen molar-refractivity contribution in [1.29, 1.82) is 0 Å². The van der Waals surface area contributed by atoms with Gasteiger partial charge in [0.15, 0.2) is 0 Å². The van der Waals surface area contributed by atoms with Gasteiger partial charge in [0.1, 0.15) is 23.8 Å². The molecule has 2 N–H and O–H groups in total. The summed E-state index contributed by atoms with van der Waals surface area (Å²) in [5, 5.41) is 3.06. The van der Waals surface area contributed by atoms with Gasteiger partial charge in [-0.3, -0.25) is 0 Å². The van der Waals surface area contributed by atoms with Crippen molar-refractivity contribution in [2.75, 3.05) is 11.6 Å². The molecule has 0 radical (unpaired) electrons. The average Bonchev–Trinajstić information content (AvgIpc) is 2.61. The molecule has 27 heavy (non-hydrogen) atoms. The molecule has 6 nitrogen and oxygen atoms in total. The number of halogens is 2. The molecule has 3 aromatic rings. The highest BCUT2D eigenvalue weighted by Gasteiger charge is 2.09. The molecule has 3 rings (SSSR count). The molecule has 0 saturated heterocycles. The number of sulfonamides is 1. The fraction of sp³-hybridized carbons (Fsp3) is 0.111. The average molecular weight is 390 g/mol. The van der Waals surface area contributed by atoms with Crippen LogP contribution < -0.4 is 10.0 Å². The van der Waals surface area contributed by atoms with Gasteiger partial charge in [0, 0.05) is 29.9 Å². The summed E-state index contributed by atoms with van der Waals surface area (Å²) < 4.78 is 51.6. The molecule has 0 unspecified atom stereocenters. The van der Waals surface area contributed by atoms with Crippen LogP contribution in [0.2, 0.25) is 0 Å². The molecule has 0 aliphatic heterocycles. The first-order valence-electron chi connectivity index (χ1n) is 7.88. The van der Waals surface area contributed by atoms with Crippen LogP contribution in [-0.2, 0) is 16.6 Å². The van der Waals surface area contributed by atoms with Crippen molar-refractivity contribution in [1.82, 2.24) is 14.7 Å². The Hall–Kier alpha value is -2.91. The van der Waals surface area contributed by atoms with Crippen LogP contribution in [0.25, 0.3) is 11.3 Å². The highest BCUT2D eigenvalue weighted by Crippen LogP contribution is 2.24. The maximum Gasteiger partial charge on any atom is 0.209 e. The van der Waals surface area contributed by atoms with Crippen molar-refractivity contribution < 1.29 is 17.2 Å². The predicted molar refractivity (Wildman–Crippen MR) is 98.8 cm³/mol. The van der Waals surface area contributed by atoms with E-state index in [0.29, 0.717) is 17.2 Å². The van der Waals surface area contributed by atoms with E-state index >= 15 is 0 Å². The molecular weight excluding hydrogens is 374 g/mol. The fourth-order valence-electron chi connectivity index (χ4n) is 2.34. The minimum Gasteiger partial charge on any atom is -0.340 e. The van der Waals surface area contributed by atoms with E-state index in [0.717, 1.165) is 24.0 Å². The van der Waals surface area contributed by atoms with E-state index in [1.165, 1.54) is 12.4 Å². The quantitative estimate of drug-likeness (QED) is 0.675. The zero-order valence-electron chi connectivity index (χ0n) is 14.3. The summed E-state index contributed by atoms with van der Waals surface area (Å²) in [6.07, 6.45) is 2.38. The Morgan fingerprint density at radius 1 is 1.00 bits per heavy atom. The normalized spacial score (nSPS) is 11.4. The molecule has 0 aliphatic carbocycles. The third-order valence-electron chi connectivity index (χ3n) is 3.64.